The van der Waals surface area contributed by atoms with Crippen molar-refractivity contribution < 1.29 is 9.53 Å². The Bertz CT molecular complexity index is 403. The Hall–Kier alpha value is -1.20. The molecule has 1 aliphatic heterocycles. The molecule has 2 unspecified atom stereocenters. The number of Topliss-reactive ketones (excluding diaryl/α,β-unsaturated/α-hetero) is 1. The highest BCUT2D eigenvalue weighted by atomic mass is 16.5. The van der Waals surface area contributed by atoms with Gasteiger partial charge in [-0.3, -0.25) is 9.48 Å². The van der Waals surface area contributed by atoms with E-state index in [9.17, 15) is 4.79 Å². The highest BCUT2D eigenvalue weighted by Crippen LogP contribution is 2.19. The first-order valence-corrected chi connectivity index (χ1v) is 6.64. The van der Waals surface area contributed by atoms with Gasteiger partial charge in [-0.1, -0.05) is 6.92 Å². The van der Waals surface area contributed by atoms with Crippen LogP contribution in [0, 0.1) is 5.92 Å². The molecule has 1 N–H and O–H groups in total. The number of aromatic nitrogens is 2. The molecule has 0 spiro atoms. The average molecular weight is 251 g/mol. The molecular formula is C13H21N3O2. The van der Waals surface area contributed by atoms with Gasteiger partial charge in [0.1, 0.15) is 0 Å². The predicted molar refractivity (Wildman–Crippen MR) is 68.6 cm³/mol. The maximum absolute atomic E-state index is 12.4. The molecule has 1 aromatic rings. The molecule has 0 radical (unpaired) electrons. The van der Waals surface area contributed by atoms with Crippen LogP contribution in [0.2, 0.25) is 0 Å². The maximum atomic E-state index is 12.4. The van der Waals surface area contributed by atoms with E-state index in [1.807, 2.05) is 13.1 Å². The van der Waals surface area contributed by atoms with Crippen molar-refractivity contribution in [1.29, 1.82) is 0 Å². The van der Waals surface area contributed by atoms with Crippen LogP contribution >= 0.6 is 0 Å². The van der Waals surface area contributed by atoms with Crippen LogP contribution in [0.15, 0.2) is 12.4 Å². The van der Waals surface area contributed by atoms with E-state index >= 15 is 0 Å². The zero-order chi connectivity index (χ0) is 13.0. The molecule has 5 nitrogen and oxygen atoms in total. The lowest BCUT2D eigenvalue weighted by atomic mass is 9.95. The Labute approximate surface area is 108 Å². The molecule has 0 saturated carbocycles. The van der Waals surface area contributed by atoms with Crippen molar-refractivity contribution in [2.45, 2.75) is 32.9 Å². The molecule has 1 aliphatic rings. The molecule has 1 fully saturated rings. The highest BCUT2D eigenvalue weighted by molar-refractivity contribution is 5.98. The number of nitrogens with one attached hydrogen (secondary N) is 1. The van der Waals surface area contributed by atoms with Crippen molar-refractivity contribution in [2.24, 2.45) is 5.92 Å². The molecule has 2 rings (SSSR count). The summed E-state index contributed by atoms with van der Waals surface area (Å²) in [7, 11) is 0. The van der Waals surface area contributed by atoms with Gasteiger partial charge in [0, 0.05) is 18.8 Å². The van der Waals surface area contributed by atoms with Gasteiger partial charge in [-0.25, -0.2) is 0 Å². The first kappa shape index (κ1) is 13.2. The molecule has 0 amide bonds. The number of hydrogen-bond acceptors (Lipinski definition) is 4. The lowest BCUT2D eigenvalue weighted by Gasteiger charge is -2.16. The van der Waals surface area contributed by atoms with Crippen LogP contribution in [0.4, 0.5) is 0 Å². The van der Waals surface area contributed by atoms with Gasteiger partial charge in [0.25, 0.3) is 0 Å². The number of hydrogen-bond donors (Lipinski definition) is 1. The van der Waals surface area contributed by atoms with Gasteiger partial charge in [-0.05, 0) is 19.9 Å². The summed E-state index contributed by atoms with van der Waals surface area (Å²) >= 11 is 0. The molecule has 100 valence electrons. The fourth-order valence-electron chi connectivity index (χ4n) is 2.22. The van der Waals surface area contributed by atoms with E-state index in [2.05, 4.69) is 17.3 Å². The summed E-state index contributed by atoms with van der Waals surface area (Å²) in [5.74, 6) is 0.0619. The Morgan fingerprint density at radius 1 is 1.56 bits per heavy atom. The molecule has 2 atom stereocenters. The summed E-state index contributed by atoms with van der Waals surface area (Å²) in [6.07, 6.45) is 4.53. The van der Waals surface area contributed by atoms with E-state index in [1.54, 1.807) is 10.9 Å². The first-order chi connectivity index (χ1) is 8.76. The zero-order valence-electron chi connectivity index (χ0n) is 11.1. The molecule has 1 aromatic heterocycles. The second-order valence-electron chi connectivity index (χ2n) is 4.65. The zero-order valence-corrected chi connectivity index (χ0v) is 11.1. The predicted octanol–water partition coefficient (Wildman–Crippen LogP) is 1.10. The summed E-state index contributed by atoms with van der Waals surface area (Å²) < 4.78 is 7.21. The smallest absolute Gasteiger partial charge is 0.173 e. The lowest BCUT2D eigenvalue weighted by molar-refractivity contribution is 0.0891. The van der Waals surface area contributed by atoms with Crippen LogP contribution in [-0.4, -0.2) is 41.4 Å². The van der Waals surface area contributed by atoms with Gasteiger partial charge in [-0.2, -0.15) is 5.10 Å². The SMILES string of the molecule is CCCNC1COCC1C(=O)c1cnn(CC)c1. The summed E-state index contributed by atoms with van der Waals surface area (Å²) in [6.45, 7) is 6.96. The van der Waals surface area contributed by atoms with Gasteiger partial charge >= 0.3 is 0 Å². The van der Waals surface area contributed by atoms with E-state index in [0.29, 0.717) is 18.8 Å². The third kappa shape index (κ3) is 2.79. The highest BCUT2D eigenvalue weighted by Gasteiger charge is 2.34. The van der Waals surface area contributed by atoms with Crippen LogP contribution in [0.1, 0.15) is 30.6 Å². The number of aryl methyl sites for hydroxylation is 1. The molecule has 2 heterocycles. The van der Waals surface area contributed by atoms with Crippen molar-refractivity contribution in [1.82, 2.24) is 15.1 Å². The fourth-order valence-corrected chi connectivity index (χ4v) is 2.22. The second kappa shape index (κ2) is 6.11. The van der Waals surface area contributed by atoms with Gasteiger partial charge in [0.2, 0.25) is 0 Å². The van der Waals surface area contributed by atoms with Crippen molar-refractivity contribution in [3.05, 3.63) is 18.0 Å². The average Bonchev–Trinajstić information content (AvgIpc) is 3.04. The largest absolute Gasteiger partial charge is 0.379 e. The van der Waals surface area contributed by atoms with Crippen LogP contribution in [0.3, 0.4) is 0 Å². The van der Waals surface area contributed by atoms with Gasteiger partial charge in [0.05, 0.1) is 30.9 Å². The maximum Gasteiger partial charge on any atom is 0.173 e. The normalized spacial score (nSPS) is 23.4. The fraction of sp³-hybridized carbons (Fsp3) is 0.692. The van der Waals surface area contributed by atoms with Crippen molar-refractivity contribution in [3.8, 4) is 0 Å². The third-order valence-electron chi connectivity index (χ3n) is 3.32. The second-order valence-corrected chi connectivity index (χ2v) is 4.65. The van der Waals surface area contributed by atoms with Crippen molar-refractivity contribution in [2.75, 3.05) is 19.8 Å². The Balaban J connectivity index is 2.02. The lowest BCUT2D eigenvalue weighted by Crippen LogP contribution is -2.39. The van der Waals surface area contributed by atoms with E-state index < -0.39 is 0 Å². The summed E-state index contributed by atoms with van der Waals surface area (Å²) in [5, 5.41) is 7.53. The number of ketones is 1. The number of carbonyl (C=O) groups is 1. The minimum atomic E-state index is -0.0777. The van der Waals surface area contributed by atoms with Gasteiger partial charge < -0.3 is 10.1 Å². The van der Waals surface area contributed by atoms with Crippen LogP contribution in [-0.2, 0) is 11.3 Å². The minimum absolute atomic E-state index is 0.0777. The van der Waals surface area contributed by atoms with Crippen LogP contribution in [0.5, 0.6) is 0 Å². The number of carbonyl (C=O) groups excluding carboxylic acids is 1. The molecule has 0 aromatic carbocycles. The molecule has 5 heteroatoms. The van der Waals surface area contributed by atoms with Crippen LogP contribution < -0.4 is 5.32 Å². The molecular weight excluding hydrogens is 230 g/mol. The molecule has 0 bridgehead atoms. The molecule has 0 aliphatic carbocycles. The Morgan fingerprint density at radius 3 is 3.06 bits per heavy atom. The van der Waals surface area contributed by atoms with Gasteiger partial charge in [0.15, 0.2) is 5.78 Å². The first-order valence-electron chi connectivity index (χ1n) is 6.64. The molecule has 18 heavy (non-hydrogen) atoms. The Morgan fingerprint density at radius 2 is 2.39 bits per heavy atom. The van der Waals surface area contributed by atoms with Gasteiger partial charge in [-0.15, -0.1) is 0 Å². The van der Waals surface area contributed by atoms with Crippen molar-refractivity contribution in [3.63, 3.8) is 0 Å². The monoisotopic (exact) mass is 251 g/mol. The Kier molecular flexibility index (Phi) is 4.49. The van der Waals surface area contributed by atoms with E-state index in [4.69, 9.17) is 4.74 Å². The van der Waals surface area contributed by atoms with E-state index in [1.165, 1.54) is 0 Å². The third-order valence-corrected chi connectivity index (χ3v) is 3.32. The number of ether oxygens (including phenoxy) is 1. The van der Waals surface area contributed by atoms with E-state index in [0.717, 1.165) is 19.5 Å². The minimum Gasteiger partial charge on any atom is -0.379 e. The van der Waals surface area contributed by atoms with Crippen molar-refractivity contribution >= 4 is 5.78 Å². The summed E-state index contributed by atoms with van der Waals surface area (Å²) in [5.41, 5.74) is 0.690. The quantitative estimate of drug-likeness (QED) is 0.769. The van der Waals surface area contributed by atoms with E-state index in [-0.39, 0.29) is 17.7 Å². The summed E-state index contributed by atoms with van der Waals surface area (Å²) in [6, 6.07) is 0.141. The van der Waals surface area contributed by atoms with Crippen LogP contribution in [0.25, 0.3) is 0 Å². The number of rotatable bonds is 6. The standard InChI is InChI=1S/C13H21N3O2/c1-3-5-14-12-9-18-8-11(12)13(17)10-6-15-16(4-2)7-10/h6-7,11-12,14H,3-5,8-9H2,1-2H3. The molecule has 1 saturated heterocycles. The summed E-state index contributed by atoms with van der Waals surface area (Å²) in [4.78, 5) is 12.4. The topological polar surface area (TPSA) is 56.1 Å². The number of nitrogens with zero attached hydrogens (tertiary/aromatic N) is 2.